The van der Waals surface area contributed by atoms with Gasteiger partial charge in [-0.25, -0.2) is 4.79 Å². The average Bonchev–Trinajstić information content (AvgIpc) is 2.64. The first-order valence-corrected chi connectivity index (χ1v) is 8.93. The summed E-state index contributed by atoms with van der Waals surface area (Å²) in [6.45, 7) is 2.01. The van der Waals surface area contributed by atoms with Gasteiger partial charge in [0.2, 0.25) is 0 Å². The molecule has 0 aliphatic rings. The van der Waals surface area contributed by atoms with Crippen molar-refractivity contribution < 1.29 is 9.53 Å². The molecule has 0 fully saturated rings. The maximum atomic E-state index is 12.6. The highest BCUT2D eigenvalue weighted by Gasteiger charge is 2.15. The molecule has 0 spiro atoms. The van der Waals surface area contributed by atoms with Crippen LogP contribution in [-0.4, -0.2) is 21.7 Å². The van der Waals surface area contributed by atoms with Crippen molar-refractivity contribution in [3.8, 4) is 0 Å². The van der Waals surface area contributed by atoms with E-state index in [1.807, 2.05) is 0 Å². The molecule has 8 heteroatoms. The first-order chi connectivity index (χ1) is 12.8. The Hall–Kier alpha value is -2.57. The molecule has 1 heterocycles. The third kappa shape index (κ3) is 3.63. The minimum Gasteiger partial charge on any atom is -0.462 e. The van der Waals surface area contributed by atoms with E-state index in [1.54, 1.807) is 37.3 Å². The standard InChI is InChI=1S/C19H16Cl2N2O4/c1-3-27-19(26)11-5-7-15-16(8-11)23(18(25)17(24)22(15)2)10-12-4-6-13(20)9-14(12)21/h4-9H,3,10H2,1-2H3. The molecule has 0 N–H and O–H groups in total. The van der Waals surface area contributed by atoms with Gasteiger partial charge >= 0.3 is 17.1 Å². The van der Waals surface area contributed by atoms with E-state index in [4.69, 9.17) is 27.9 Å². The van der Waals surface area contributed by atoms with Gasteiger partial charge in [0.25, 0.3) is 0 Å². The summed E-state index contributed by atoms with van der Waals surface area (Å²) in [5.41, 5.74) is 0.475. The van der Waals surface area contributed by atoms with Crippen molar-refractivity contribution in [3.63, 3.8) is 0 Å². The lowest BCUT2D eigenvalue weighted by Gasteiger charge is -2.14. The molecular weight excluding hydrogens is 391 g/mol. The zero-order valence-electron chi connectivity index (χ0n) is 14.7. The monoisotopic (exact) mass is 406 g/mol. The average molecular weight is 407 g/mol. The van der Waals surface area contributed by atoms with Gasteiger partial charge in [-0.15, -0.1) is 0 Å². The Morgan fingerprint density at radius 1 is 1.04 bits per heavy atom. The number of fused-ring (bicyclic) bond motifs is 1. The Morgan fingerprint density at radius 2 is 1.78 bits per heavy atom. The fourth-order valence-corrected chi connectivity index (χ4v) is 3.29. The van der Waals surface area contributed by atoms with Gasteiger partial charge in [-0.2, -0.15) is 0 Å². The van der Waals surface area contributed by atoms with E-state index < -0.39 is 17.1 Å². The van der Waals surface area contributed by atoms with Crippen LogP contribution in [0.25, 0.3) is 11.0 Å². The molecule has 1 aromatic heterocycles. The Balaban J connectivity index is 2.25. The highest BCUT2D eigenvalue weighted by atomic mass is 35.5. The van der Waals surface area contributed by atoms with E-state index in [2.05, 4.69) is 0 Å². The lowest BCUT2D eigenvalue weighted by Crippen LogP contribution is -2.40. The SMILES string of the molecule is CCOC(=O)c1ccc2c(c1)n(Cc1ccc(Cl)cc1Cl)c(=O)c(=O)n2C. The minimum atomic E-state index is -0.711. The smallest absolute Gasteiger partial charge is 0.338 e. The molecule has 0 saturated heterocycles. The summed E-state index contributed by atoms with van der Waals surface area (Å²) in [7, 11) is 1.51. The summed E-state index contributed by atoms with van der Waals surface area (Å²) >= 11 is 12.1. The van der Waals surface area contributed by atoms with Gasteiger partial charge in [-0.3, -0.25) is 14.2 Å². The summed E-state index contributed by atoms with van der Waals surface area (Å²) in [6, 6.07) is 9.62. The number of hydrogen-bond donors (Lipinski definition) is 0. The predicted octanol–water partition coefficient (Wildman–Crippen LogP) is 3.23. The second-order valence-electron chi connectivity index (χ2n) is 5.92. The summed E-state index contributed by atoms with van der Waals surface area (Å²) in [6.07, 6.45) is 0. The first-order valence-electron chi connectivity index (χ1n) is 8.18. The summed E-state index contributed by atoms with van der Waals surface area (Å²) in [5, 5.41) is 0.847. The van der Waals surface area contributed by atoms with Gasteiger partial charge in [-0.1, -0.05) is 29.3 Å². The molecule has 6 nitrogen and oxygen atoms in total. The molecular formula is C19H16Cl2N2O4. The number of aryl methyl sites for hydroxylation is 1. The molecule has 2 aromatic carbocycles. The Bertz CT molecular complexity index is 1160. The molecule has 27 heavy (non-hydrogen) atoms. The van der Waals surface area contributed by atoms with Gasteiger partial charge in [0, 0.05) is 17.1 Å². The van der Waals surface area contributed by atoms with Crippen molar-refractivity contribution in [2.45, 2.75) is 13.5 Å². The lowest BCUT2D eigenvalue weighted by atomic mass is 10.1. The highest BCUT2D eigenvalue weighted by Crippen LogP contribution is 2.23. The van der Waals surface area contributed by atoms with Crippen LogP contribution in [0, 0.1) is 0 Å². The number of benzene rings is 2. The molecule has 0 aliphatic carbocycles. The van der Waals surface area contributed by atoms with Crippen molar-refractivity contribution >= 4 is 40.2 Å². The van der Waals surface area contributed by atoms with Crippen molar-refractivity contribution in [1.29, 1.82) is 0 Å². The molecule has 0 amide bonds. The van der Waals surface area contributed by atoms with Crippen LogP contribution in [-0.2, 0) is 18.3 Å². The molecule has 0 aliphatic heterocycles. The van der Waals surface area contributed by atoms with E-state index >= 15 is 0 Å². The third-order valence-electron chi connectivity index (χ3n) is 4.22. The molecule has 0 radical (unpaired) electrons. The van der Waals surface area contributed by atoms with Crippen LogP contribution < -0.4 is 11.1 Å². The number of hydrogen-bond acceptors (Lipinski definition) is 4. The lowest BCUT2D eigenvalue weighted by molar-refractivity contribution is 0.0526. The van der Waals surface area contributed by atoms with Gasteiger partial charge < -0.3 is 9.30 Å². The first kappa shape index (κ1) is 19.2. The van der Waals surface area contributed by atoms with E-state index in [0.717, 1.165) is 0 Å². The van der Waals surface area contributed by atoms with Gasteiger partial charge in [0.1, 0.15) is 0 Å². The number of nitrogens with zero attached hydrogens (tertiary/aromatic N) is 2. The molecule has 0 saturated carbocycles. The van der Waals surface area contributed by atoms with Crippen LogP contribution in [0.15, 0.2) is 46.0 Å². The van der Waals surface area contributed by atoms with Gasteiger partial charge in [-0.05, 0) is 42.8 Å². The molecule has 140 valence electrons. The maximum Gasteiger partial charge on any atom is 0.338 e. The normalized spacial score (nSPS) is 11.0. The Morgan fingerprint density at radius 3 is 2.44 bits per heavy atom. The van der Waals surface area contributed by atoms with Gasteiger partial charge in [0.05, 0.1) is 29.7 Å². The van der Waals surface area contributed by atoms with Crippen molar-refractivity contribution in [1.82, 2.24) is 9.13 Å². The quantitative estimate of drug-likeness (QED) is 0.492. The topological polar surface area (TPSA) is 70.3 Å². The predicted molar refractivity (Wildman–Crippen MR) is 105 cm³/mol. The zero-order valence-corrected chi connectivity index (χ0v) is 16.2. The molecule has 0 bridgehead atoms. The van der Waals surface area contributed by atoms with Crippen LogP contribution >= 0.6 is 23.2 Å². The van der Waals surface area contributed by atoms with Gasteiger partial charge in [0.15, 0.2) is 0 Å². The van der Waals surface area contributed by atoms with E-state index in [1.165, 1.54) is 22.2 Å². The summed E-state index contributed by atoms with van der Waals surface area (Å²) < 4.78 is 7.58. The Kier molecular flexibility index (Phi) is 5.39. The van der Waals surface area contributed by atoms with Crippen molar-refractivity contribution in [3.05, 3.63) is 78.3 Å². The highest BCUT2D eigenvalue weighted by molar-refractivity contribution is 6.35. The zero-order chi connectivity index (χ0) is 19.7. The fourth-order valence-electron chi connectivity index (χ4n) is 2.82. The second kappa shape index (κ2) is 7.58. The second-order valence-corrected chi connectivity index (χ2v) is 6.76. The number of esters is 1. The molecule has 0 unspecified atom stereocenters. The van der Waals surface area contributed by atoms with Crippen LogP contribution in [0.4, 0.5) is 0 Å². The summed E-state index contributed by atoms with van der Waals surface area (Å²) in [5.74, 6) is -0.503. The number of ether oxygens (including phenoxy) is 1. The minimum absolute atomic E-state index is 0.0632. The van der Waals surface area contributed by atoms with Crippen LogP contribution in [0.5, 0.6) is 0 Å². The largest absolute Gasteiger partial charge is 0.462 e. The van der Waals surface area contributed by atoms with Crippen molar-refractivity contribution in [2.75, 3.05) is 6.61 Å². The maximum absolute atomic E-state index is 12.6. The third-order valence-corrected chi connectivity index (χ3v) is 4.80. The number of halogens is 2. The van der Waals surface area contributed by atoms with Crippen LogP contribution in [0.2, 0.25) is 10.0 Å². The Labute approximate surface area is 164 Å². The van der Waals surface area contributed by atoms with Crippen molar-refractivity contribution in [2.24, 2.45) is 7.05 Å². The summed E-state index contributed by atoms with van der Waals surface area (Å²) in [4.78, 5) is 37.0. The van der Waals surface area contributed by atoms with Crippen LogP contribution in [0.1, 0.15) is 22.8 Å². The number of rotatable bonds is 4. The molecule has 0 atom stereocenters. The van der Waals surface area contributed by atoms with E-state index in [0.29, 0.717) is 32.2 Å². The molecule has 3 rings (SSSR count). The van der Waals surface area contributed by atoms with Crippen LogP contribution in [0.3, 0.4) is 0 Å². The van der Waals surface area contributed by atoms with E-state index in [9.17, 15) is 14.4 Å². The fraction of sp³-hybridized carbons (Fsp3) is 0.211. The number of carbonyl (C=O) groups excluding carboxylic acids is 1. The van der Waals surface area contributed by atoms with E-state index in [-0.39, 0.29) is 13.2 Å². The number of carbonyl (C=O) groups is 1. The number of aromatic nitrogens is 2. The molecule has 3 aromatic rings.